The van der Waals surface area contributed by atoms with Crippen molar-refractivity contribution in [3.8, 4) is 0 Å². The van der Waals surface area contributed by atoms with Crippen molar-refractivity contribution in [3.63, 3.8) is 0 Å². The summed E-state index contributed by atoms with van der Waals surface area (Å²) in [4.78, 5) is 4.63. The summed E-state index contributed by atoms with van der Waals surface area (Å²) in [5, 5.41) is 3.45. The van der Waals surface area contributed by atoms with Crippen LogP contribution in [0.1, 0.15) is 13.8 Å². The van der Waals surface area contributed by atoms with Gasteiger partial charge in [0, 0.05) is 39.3 Å². The van der Waals surface area contributed by atoms with Gasteiger partial charge in [-0.25, -0.2) is 0 Å². The van der Waals surface area contributed by atoms with E-state index in [-0.39, 0.29) is 0 Å². The molecule has 0 amide bonds. The van der Waals surface area contributed by atoms with Crippen LogP contribution in [0.15, 0.2) is 0 Å². The fourth-order valence-electron chi connectivity index (χ4n) is 1.69. The van der Waals surface area contributed by atoms with Crippen LogP contribution in [-0.2, 0) is 4.74 Å². The smallest absolute Gasteiger partial charge is 0.0615 e. The van der Waals surface area contributed by atoms with Gasteiger partial charge < -0.3 is 15.0 Å². The summed E-state index contributed by atoms with van der Waals surface area (Å²) in [5.41, 5.74) is 0. The van der Waals surface area contributed by atoms with Gasteiger partial charge in [0.25, 0.3) is 0 Å². The van der Waals surface area contributed by atoms with E-state index in [1.165, 1.54) is 0 Å². The lowest BCUT2D eigenvalue weighted by Gasteiger charge is -2.27. The second-order valence-electron chi connectivity index (χ2n) is 4.49. The molecule has 0 rings (SSSR count). The third-order valence-corrected chi connectivity index (χ3v) is 2.75. The molecular weight excluding hydrogens is 202 g/mol. The summed E-state index contributed by atoms with van der Waals surface area (Å²) in [7, 11) is 5.96. The normalized spacial score (nSPS) is 13.7. The molecule has 0 bridgehead atoms. The van der Waals surface area contributed by atoms with E-state index in [4.69, 9.17) is 4.74 Å². The summed E-state index contributed by atoms with van der Waals surface area (Å²) in [6, 6.07) is 0.505. The maximum atomic E-state index is 5.18. The monoisotopic (exact) mass is 231 g/mol. The average molecular weight is 231 g/mol. The highest BCUT2D eigenvalue weighted by Gasteiger charge is 2.10. The number of hydrogen-bond donors (Lipinski definition) is 1. The van der Waals surface area contributed by atoms with Crippen molar-refractivity contribution in [3.05, 3.63) is 0 Å². The zero-order valence-corrected chi connectivity index (χ0v) is 11.6. The van der Waals surface area contributed by atoms with E-state index in [1.807, 2.05) is 0 Å². The van der Waals surface area contributed by atoms with E-state index in [9.17, 15) is 0 Å². The van der Waals surface area contributed by atoms with Crippen molar-refractivity contribution in [1.82, 2.24) is 15.1 Å². The van der Waals surface area contributed by atoms with E-state index in [1.54, 1.807) is 7.11 Å². The fraction of sp³-hybridized carbons (Fsp3) is 1.00. The van der Waals surface area contributed by atoms with Crippen molar-refractivity contribution in [2.24, 2.45) is 0 Å². The first-order valence-electron chi connectivity index (χ1n) is 6.20. The van der Waals surface area contributed by atoms with Crippen LogP contribution < -0.4 is 5.32 Å². The maximum absolute atomic E-state index is 5.18. The molecule has 16 heavy (non-hydrogen) atoms. The van der Waals surface area contributed by atoms with Crippen molar-refractivity contribution in [2.75, 3.05) is 60.5 Å². The first-order valence-corrected chi connectivity index (χ1v) is 6.20. The van der Waals surface area contributed by atoms with Gasteiger partial charge in [0.05, 0.1) is 6.61 Å². The van der Waals surface area contributed by atoms with Gasteiger partial charge in [0.1, 0.15) is 0 Å². The third kappa shape index (κ3) is 8.05. The Morgan fingerprint density at radius 2 is 1.81 bits per heavy atom. The fourth-order valence-corrected chi connectivity index (χ4v) is 1.69. The predicted octanol–water partition coefficient (Wildman–Crippen LogP) is 0.494. The molecule has 0 aromatic heterocycles. The van der Waals surface area contributed by atoms with Crippen LogP contribution in [-0.4, -0.2) is 76.4 Å². The van der Waals surface area contributed by atoms with Crippen LogP contribution in [0, 0.1) is 0 Å². The molecule has 0 aromatic rings. The molecule has 4 heteroatoms. The molecule has 1 N–H and O–H groups in total. The summed E-state index contributed by atoms with van der Waals surface area (Å²) >= 11 is 0. The molecule has 1 atom stereocenters. The molecule has 0 spiro atoms. The molecule has 4 nitrogen and oxygen atoms in total. The standard InChI is InChI=1S/C12H29N3O/c1-6-15(12(2)11-16-5)10-8-13-7-9-14(3)4/h12-13H,6-11H2,1-5H3. The Balaban J connectivity index is 3.54. The lowest BCUT2D eigenvalue weighted by Crippen LogP contribution is -2.41. The molecule has 0 fully saturated rings. The highest BCUT2D eigenvalue weighted by molar-refractivity contribution is 4.66. The number of nitrogens with one attached hydrogen (secondary N) is 1. The molecule has 0 saturated heterocycles. The first-order chi connectivity index (χ1) is 7.61. The Morgan fingerprint density at radius 1 is 1.19 bits per heavy atom. The lowest BCUT2D eigenvalue weighted by molar-refractivity contribution is 0.103. The van der Waals surface area contributed by atoms with Gasteiger partial charge in [-0.05, 0) is 27.6 Å². The molecule has 0 aromatic carbocycles. The summed E-state index contributed by atoms with van der Waals surface area (Å²) in [5.74, 6) is 0. The van der Waals surface area contributed by atoms with Crippen LogP contribution in [0.4, 0.5) is 0 Å². The maximum Gasteiger partial charge on any atom is 0.0615 e. The second-order valence-corrected chi connectivity index (χ2v) is 4.49. The molecule has 0 saturated carbocycles. The minimum Gasteiger partial charge on any atom is -0.383 e. The van der Waals surface area contributed by atoms with Crippen LogP contribution >= 0.6 is 0 Å². The quantitative estimate of drug-likeness (QED) is 0.554. The van der Waals surface area contributed by atoms with Gasteiger partial charge in [-0.2, -0.15) is 0 Å². The second kappa shape index (κ2) is 10.0. The molecule has 0 aliphatic rings. The van der Waals surface area contributed by atoms with E-state index < -0.39 is 0 Å². The Labute approximate surface area is 101 Å². The number of methoxy groups -OCH3 is 1. The van der Waals surface area contributed by atoms with Gasteiger partial charge in [0.2, 0.25) is 0 Å². The zero-order valence-electron chi connectivity index (χ0n) is 11.6. The van der Waals surface area contributed by atoms with Gasteiger partial charge in [-0.15, -0.1) is 0 Å². The van der Waals surface area contributed by atoms with Gasteiger partial charge in [-0.3, -0.25) is 4.90 Å². The van der Waals surface area contributed by atoms with E-state index in [0.29, 0.717) is 6.04 Å². The molecule has 0 heterocycles. The minimum absolute atomic E-state index is 0.505. The number of likely N-dealkylation sites (N-methyl/N-ethyl adjacent to an activating group) is 2. The molecule has 0 radical (unpaired) electrons. The van der Waals surface area contributed by atoms with Crippen LogP contribution in [0.5, 0.6) is 0 Å². The van der Waals surface area contributed by atoms with Crippen molar-refractivity contribution in [2.45, 2.75) is 19.9 Å². The van der Waals surface area contributed by atoms with E-state index >= 15 is 0 Å². The van der Waals surface area contributed by atoms with Crippen molar-refractivity contribution >= 4 is 0 Å². The highest BCUT2D eigenvalue weighted by atomic mass is 16.5. The summed E-state index contributed by atoms with van der Waals surface area (Å²) < 4.78 is 5.18. The Hall–Kier alpha value is -0.160. The van der Waals surface area contributed by atoms with Gasteiger partial charge in [0.15, 0.2) is 0 Å². The Bertz CT molecular complexity index is 153. The van der Waals surface area contributed by atoms with Gasteiger partial charge >= 0.3 is 0 Å². The zero-order chi connectivity index (χ0) is 12.4. The first kappa shape index (κ1) is 15.8. The number of rotatable bonds is 10. The van der Waals surface area contributed by atoms with E-state index in [2.05, 4.69) is 43.1 Å². The van der Waals surface area contributed by atoms with Crippen molar-refractivity contribution in [1.29, 1.82) is 0 Å². The topological polar surface area (TPSA) is 27.7 Å². The largest absolute Gasteiger partial charge is 0.383 e. The Kier molecular flexibility index (Phi) is 9.92. The molecule has 98 valence electrons. The van der Waals surface area contributed by atoms with Gasteiger partial charge in [-0.1, -0.05) is 6.92 Å². The van der Waals surface area contributed by atoms with E-state index in [0.717, 1.165) is 39.3 Å². The molecular formula is C12H29N3O. The number of nitrogens with zero attached hydrogens (tertiary/aromatic N) is 2. The SMILES string of the molecule is CCN(CCNCCN(C)C)C(C)COC. The average Bonchev–Trinajstić information content (AvgIpc) is 2.23. The van der Waals surface area contributed by atoms with Crippen LogP contribution in [0.25, 0.3) is 0 Å². The predicted molar refractivity (Wildman–Crippen MR) is 70.0 cm³/mol. The highest BCUT2D eigenvalue weighted by Crippen LogP contribution is 1.97. The van der Waals surface area contributed by atoms with Crippen LogP contribution in [0.3, 0.4) is 0 Å². The third-order valence-electron chi connectivity index (χ3n) is 2.75. The summed E-state index contributed by atoms with van der Waals surface area (Å²) in [6.07, 6.45) is 0. The summed E-state index contributed by atoms with van der Waals surface area (Å²) in [6.45, 7) is 10.6. The lowest BCUT2D eigenvalue weighted by atomic mass is 10.3. The number of ether oxygens (including phenoxy) is 1. The molecule has 0 aliphatic carbocycles. The van der Waals surface area contributed by atoms with Crippen molar-refractivity contribution < 1.29 is 4.74 Å². The minimum atomic E-state index is 0.505. The van der Waals surface area contributed by atoms with Crippen LogP contribution in [0.2, 0.25) is 0 Å². The molecule has 1 unspecified atom stereocenters. The molecule has 0 aliphatic heterocycles. The Morgan fingerprint density at radius 3 is 2.31 bits per heavy atom. The number of hydrogen-bond acceptors (Lipinski definition) is 4.